The van der Waals surface area contributed by atoms with Crippen molar-refractivity contribution in [2.45, 2.75) is 51.6 Å². The van der Waals surface area contributed by atoms with Gasteiger partial charge in [-0.2, -0.15) is 0 Å². The molecule has 0 radical (unpaired) electrons. The van der Waals surface area contributed by atoms with Crippen LogP contribution in [0.2, 0.25) is 22.5 Å². The number of nitrogens with one attached hydrogen (secondary N) is 1. The molecule has 2 aromatic heterocycles. The van der Waals surface area contributed by atoms with Gasteiger partial charge in [-0.3, -0.25) is 9.59 Å². The van der Waals surface area contributed by atoms with Crippen LogP contribution in [0.3, 0.4) is 0 Å². The minimum atomic E-state index is -2.10. The van der Waals surface area contributed by atoms with Crippen molar-refractivity contribution in [1.29, 1.82) is 0 Å². The first-order chi connectivity index (χ1) is 18.7. The van der Waals surface area contributed by atoms with Crippen molar-refractivity contribution in [2.24, 2.45) is 0 Å². The van der Waals surface area contributed by atoms with Crippen LogP contribution in [0.5, 0.6) is 0 Å². The van der Waals surface area contributed by atoms with E-state index in [0.717, 1.165) is 15.9 Å². The summed E-state index contributed by atoms with van der Waals surface area (Å²) in [6, 6.07) is 15.8. The normalized spacial score (nSPS) is 13.0. The zero-order chi connectivity index (χ0) is 29.4. The van der Waals surface area contributed by atoms with Gasteiger partial charge in [0.1, 0.15) is 4.34 Å². The molecule has 2 N–H and O–H groups in total. The Morgan fingerprint density at radius 1 is 1.15 bits per heavy atom. The lowest BCUT2D eigenvalue weighted by Gasteiger charge is -2.36. The molecule has 0 aliphatic heterocycles. The van der Waals surface area contributed by atoms with Gasteiger partial charge < -0.3 is 19.4 Å². The number of aromatic amines is 1. The Hall–Kier alpha value is -3.02. The number of carbonyl (C=O) groups excluding carboxylic acids is 1. The number of nitrogens with zero attached hydrogens (tertiary/aromatic N) is 2. The summed E-state index contributed by atoms with van der Waals surface area (Å²) >= 11 is 7.48. The first kappa shape index (κ1) is 29.9. The highest BCUT2D eigenvalue weighted by atomic mass is 35.5. The third kappa shape index (κ3) is 6.01. The van der Waals surface area contributed by atoms with Crippen molar-refractivity contribution in [3.8, 4) is 5.69 Å². The summed E-state index contributed by atoms with van der Waals surface area (Å²) in [6.07, 6.45) is -0.872. The highest BCUT2D eigenvalue weighted by Gasteiger charge is 2.37. The largest absolute Gasteiger partial charge is 0.413 e. The second kappa shape index (κ2) is 11.5. The summed E-state index contributed by atoms with van der Waals surface area (Å²) in [5, 5.41) is 10.9. The van der Waals surface area contributed by atoms with Gasteiger partial charge in [-0.05, 0) is 41.4 Å². The third-order valence-electron chi connectivity index (χ3n) is 7.51. The van der Waals surface area contributed by atoms with E-state index in [9.17, 15) is 19.5 Å². The minimum Gasteiger partial charge on any atom is -0.413 e. The topological polar surface area (TPSA) is 105 Å². The maximum absolute atomic E-state index is 13.8. The Balaban J connectivity index is 1.68. The molecule has 4 rings (SSSR count). The van der Waals surface area contributed by atoms with Crippen LogP contribution in [0, 0.1) is 0 Å². The van der Waals surface area contributed by atoms with Crippen LogP contribution >= 0.6 is 22.9 Å². The van der Waals surface area contributed by atoms with Crippen LogP contribution < -0.4 is 11.2 Å². The molecule has 0 spiro atoms. The maximum Gasteiger partial charge on any atom is 0.333 e. The van der Waals surface area contributed by atoms with E-state index in [-0.39, 0.29) is 39.0 Å². The van der Waals surface area contributed by atoms with Gasteiger partial charge in [-0.25, -0.2) is 9.36 Å². The molecule has 1 atom stereocenters. The van der Waals surface area contributed by atoms with Gasteiger partial charge in [0.05, 0.1) is 40.7 Å². The Bertz CT molecular complexity index is 1660. The van der Waals surface area contributed by atoms with Crippen LogP contribution in [0.4, 0.5) is 0 Å². The molecule has 8 nitrogen and oxygen atoms in total. The van der Waals surface area contributed by atoms with Gasteiger partial charge in [0.2, 0.25) is 0 Å². The number of benzene rings is 2. The quantitative estimate of drug-likeness (QED) is 0.252. The van der Waals surface area contributed by atoms with Gasteiger partial charge >= 0.3 is 5.69 Å². The fourth-order valence-electron chi connectivity index (χ4n) is 4.07. The fraction of sp³-hybridized carbons (Fsp3) is 0.345. The summed E-state index contributed by atoms with van der Waals surface area (Å²) in [6.45, 7) is 11.0. The number of aromatic nitrogens is 2. The number of H-pyrrole nitrogens is 1. The summed E-state index contributed by atoms with van der Waals surface area (Å²) in [5.74, 6) is -0.387. The molecule has 0 fully saturated rings. The number of halogens is 1. The van der Waals surface area contributed by atoms with Crippen molar-refractivity contribution in [2.75, 3.05) is 13.6 Å². The lowest BCUT2D eigenvalue weighted by Crippen LogP contribution is -2.40. The number of hydrogen-bond donors (Lipinski definition) is 2. The van der Waals surface area contributed by atoms with Crippen molar-refractivity contribution >= 4 is 48.1 Å². The first-order valence-corrected chi connectivity index (χ1v) is 17.0. The van der Waals surface area contributed by atoms with Gasteiger partial charge in [0, 0.05) is 7.05 Å². The van der Waals surface area contributed by atoms with Crippen LogP contribution in [-0.2, 0) is 11.0 Å². The number of thiophene rings is 1. The van der Waals surface area contributed by atoms with E-state index in [0.29, 0.717) is 22.0 Å². The summed E-state index contributed by atoms with van der Waals surface area (Å²) in [4.78, 5) is 44.4. The lowest BCUT2D eigenvalue weighted by atomic mass is 10.1. The average molecular weight is 600 g/mol. The van der Waals surface area contributed by atoms with E-state index in [4.69, 9.17) is 16.0 Å². The van der Waals surface area contributed by atoms with E-state index in [1.165, 1.54) is 11.0 Å². The van der Waals surface area contributed by atoms with Gasteiger partial charge in [0.15, 0.2) is 8.32 Å². The smallest absolute Gasteiger partial charge is 0.333 e. The zero-order valence-electron chi connectivity index (χ0n) is 23.4. The average Bonchev–Trinajstić information content (AvgIpc) is 3.27. The number of amides is 1. The van der Waals surface area contributed by atoms with E-state index in [2.05, 4.69) is 38.8 Å². The molecule has 1 amide bonds. The minimum absolute atomic E-state index is 0.0104. The Morgan fingerprint density at radius 2 is 1.82 bits per heavy atom. The Kier molecular flexibility index (Phi) is 8.58. The molecule has 0 bridgehead atoms. The number of rotatable bonds is 8. The molecule has 4 aromatic rings. The molecule has 2 aromatic carbocycles. The molecule has 0 saturated carbocycles. The zero-order valence-corrected chi connectivity index (χ0v) is 26.0. The predicted octanol–water partition coefficient (Wildman–Crippen LogP) is 5.72. The van der Waals surface area contributed by atoms with E-state index >= 15 is 0 Å². The number of hydrogen-bond acceptors (Lipinski definition) is 6. The number of fused-ring (bicyclic) bond motifs is 1. The monoisotopic (exact) mass is 599 g/mol. The highest BCUT2D eigenvalue weighted by Crippen LogP contribution is 2.37. The predicted molar refractivity (Wildman–Crippen MR) is 163 cm³/mol. The van der Waals surface area contributed by atoms with Gasteiger partial charge in [-0.1, -0.05) is 74.8 Å². The second-order valence-electron chi connectivity index (χ2n) is 11.3. The summed E-state index contributed by atoms with van der Waals surface area (Å²) < 4.78 is 7.46. The molecule has 0 aliphatic carbocycles. The molecule has 2 heterocycles. The van der Waals surface area contributed by atoms with Crippen molar-refractivity contribution in [3.05, 3.63) is 95.8 Å². The second-order valence-corrected chi connectivity index (χ2v) is 17.8. The van der Waals surface area contributed by atoms with Crippen LogP contribution in [-0.4, -0.2) is 47.4 Å². The number of aliphatic hydroxyl groups is 1. The van der Waals surface area contributed by atoms with Gasteiger partial charge in [0.25, 0.3) is 11.5 Å². The van der Waals surface area contributed by atoms with E-state index < -0.39 is 25.7 Å². The van der Waals surface area contributed by atoms with Crippen LogP contribution in [0.25, 0.3) is 16.6 Å². The molecular formula is C29H34ClN3O5SSi. The summed E-state index contributed by atoms with van der Waals surface area (Å²) in [7, 11) is -0.529. The number of carbonyl (C=O) groups is 1. The fourth-order valence-corrected chi connectivity index (χ4v) is 6.27. The Morgan fingerprint density at radius 3 is 2.48 bits per heavy atom. The molecule has 40 heavy (non-hydrogen) atoms. The Labute approximate surface area is 242 Å². The lowest BCUT2D eigenvalue weighted by molar-refractivity contribution is 0.0685. The van der Waals surface area contributed by atoms with Crippen molar-refractivity contribution in [1.82, 2.24) is 14.5 Å². The molecule has 212 valence electrons. The van der Waals surface area contributed by atoms with Crippen molar-refractivity contribution < 1.29 is 14.3 Å². The third-order valence-corrected chi connectivity index (χ3v) is 13.3. The number of likely N-dealkylation sites (N-methyl/N-ethyl adjacent to an activating group) is 1. The van der Waals surface area contributed by atoms with E-state index in [1.54, 1.807) is 31.3 Å². The van der Waals surface area contributed by atoms with E-state index in [1.807, 2.05) is 24.3 Å². The summed E-state index contributed by atoms with van der Waals surface area (Å²) in [5.41, 5.74) is 0.677. The van der Waals surface area contributed by atoms with Crippen LogP contribution in [0.15, 0.2) is 64.2 Å². The van der Waals surface area contributed by atoms with Gasteiger partial charge in [-0.15, -0.1) is 11.3 Å². The van der Waals surface area contributed by atoms with Crippen molar-refractivity contribution in [3.63, 3.8) is 0 Å². The van der Waals surface area contributed by atoms with Crippen LogP contribution in [0.1, 0.15) is 47.7 Å². The number of aliphatic hydroxyl groups excluding tert-OH is 1. The SMILES string of the molecule is CN(CC(O)c1ccccc1)C(=O)c1cc(-n2c(=O)[nH]c3cccc(CO[Si](C)(C)C(C)(C)C)c3c2=O)c(Cl)s1. The molecule has 1 unspecified atom stereocenters. The molecular weight excluding hydrogens is 566 g/mol. The molecule has 11 heteroatoms. The molecule has 0 aliphatic rings. The highest BCUT2D eigenvalue weighted by molar-refractivity contribution is 7.18. The molecule has 0 saturated heterocycles. The standard InChI is InChI=1S/C29H34ClN3O5SSi/c1-29(2,3)40(5,6)38-17-19-13-10-14-20-24(19)27(36)33(28(37)31-20)21-15-23(39-25(21)30)26(35)32(4)16-22(34)18-11-8-7-9-12-18/h7-15,22,34H,16-17H2,1-6H3,(H,31,37). The first-order valence-electron chi connectivity index (χ1n) is 12.9. The maximum atomic E-state index is 13.8.